The van der Waals surface area contributed by atoms with Crippen molar-refractivity contribution in [2.45, 2.75) is 97.4 Å². The largest absolute Gasteiger partial charge is 0.444 e. The van der Waals surface area contributed by atoms with E-state index in [-0.39, 0.29) is 12.3 Å². The Morgan fingerprint density at radius 1 is 1.08 bits per heavy atom. The summed E-state index contributed by atoms with van der Waals surface area (Å²) in [6.07, 6.45) is 3.62. The lowest BCUT2D eigenvalue weighted by atomic mass is 9.99. The molecule has 1 aromatic heterocycles. The quantitative estimate of drug-likeness (QED) is 0.305. The molecule has 0 saturated carbocycles. The van der Waals surface area contributed by atoms with Crippen molar-refractivity contribution in [3.05, 3.63) is 36.0 Å². The van der Waals surface area contributed by atoms with Gasteiger partial charge in [-0.05, 0) is 51.2 Å². The number of aromatic amines is 1. The molecule has 2 aromatic rings. The fourth-order valence-corrected chi connectivity index (χ4v) is 4.47. The molecule has 216 valence electrons. The minimum Gasteiger partial charge on any atom is -0.444 e. The lowest BCUT2D eigenvalue weighted by Crippen LogP contribution is -2.57. The average molecular weight is 544 g/mol. The van der Waals surface area contributed by atoms with Gasteiger partial charge in [-0.3, -0.25) is 14.4 Å². The predicted molar refractivity (Wildman–Crippen MR) is 152 cm³/mol. The number of rotatable bonds is 13. The van der Waals surface area contributed by atoms with Gasteiger partial charge in [0.05, 0.1) is 0 Å². The van der Waals surface area contributed by atoms with Crippen LogP contribution in [0.3, 0.4) is 0 Å². The molecule has 5 N–H and O–H groups in total. The smallest absolute Gasteiger partial charge is 0.408 e. The van der Waals surface area contributed by atoms with Gasteiger partial charge in [0.15, 0.2) is 0 Å². The SMILES string of the molecule is CCCC[C@@H](C(N)=O)N(C)C(=O)[C@H](CC(C)C)NC(=O)[C@@H](Cc1c[nH]c2ccccc12)NC(=O)OC(C)(C)C. The maximum atomic E-state index is 13.6. The second kappa shape index (κ2) is 14.0. The van der Waals surface area contributed by atoms with E-state index in [0.29, 0.717) is 12.8 Å². The van der Waals surface area contributed by atoms with Crippen LogP contribution in [-0.2, 0) is 25.5 Å². The summed E-state index contributed by atoms with van der Waals surface area (Å²) in [5, 5.41) is 6.46. The number of nitrogens with one attached hydrogen (secondary N) is 3. The second-order valence-corrected chi connectivity index (χ2v) is 11.5. The van der Waals surface area contributed by atoms with Crippen molar-refractivity contribution in [1.82, 2.24) is 20.5 Å². The highest BCUT2D eigenvalue weighted by Gasteiger charge is 2.33. The molecule has 0 bridgehead atoms. The van der Waals surface area contributed by atoms with Gasteiger partial charge >= 0.3 is 6.09 Å². The van der Waals surface area contributed by atoms with E-state index in [0.717, 1.165) is 29.3 Å². The summed E-state index contributed by atoms with van der Waals surface area (Å²) in [4.78, 5) is 56.5. The first-order valence-corrected chi connectivity index (χ1v) is 13.6. The highest BCUT2D eigenvalue weighted by Crippen LogP contribution is 2.20. The second-order valence-electron chi connectivity index (χ2n) is 11.5. The van der Waals surface area contributed by atoms with E-state index in [4.69, 9.17) is 10.5 Å². The molecule has 0 spiro atoms. The first kappa shape index (κ1) is 31.7. The molecule has 4 amide bonds. The molecule has 39 heavy (non-hydrogen) atoms. The summed E-state index contributed by atoms with van der Waals surface area (Å²) in [5.74, 6) is -1.44. The van der Waals surface area contributed by atoms with Gasteiger partial charge in [0.25, 0.3) is 0 Å². The van der Waals surface area contributed by atoms with Crippen LogP contribution in [0.4, 0.5) is 4.79 Å². The number of likely N-dealkylation sites (N-methyl/N-ethyl adjacent to an activating group) is 1. The zero-order valence-corrected chi connectivity index (χ0v) is 24.3. The molecule has 0 aliphatic heterocycles. The van der Waals surface area contributed by atoms with E-state index in [1.54, 1.807) is 27.0 Å². The fraction of sp³-hybridized carbons (Fsp3) is 0.586. The number of alkyl carbamates (subject to hydrolysis) is 1. The van der Waals surface area contributed by atoms with Crippen LogP contribution < -0.4 is 16.4 Å². The number of primary amides is 1. The predicted octanol–water partition coefficient (Wildman–Crippen LogP) is 3.64. The molecular formula is C29H45N5O5. The van der Waals surface area contributed by atoms with Crippen molar-refractivity contribution in [2.75, 3.05) is 7.05 Å². The van der Waals surface area contributed by atoms with Crippen LogP contribution in [0.2, 0.25) is 0 Å². The fourth-order valence-electron chi connectivity index (χ4n) is 4.47. The highest BCUT2D eigenvalue weighted by atomic mass is 16.6. The number of nitrogens with zero attached hydrogens (tertiary/aromatic N) is 1. The molecule has 2 rings (SSSR count). The van der Waals surface area contributed by atoms with Crippen molar-refractivity contribution in [2.24, 2.45) is 11.7 Å². The van der Waals surface area contributed by atoms with Gasteiger partial charge in [0.1, 0.15) is 23.7 Å². The van der Waals surface area contributed by atoms with Crippen LogP contribution in [0.15, 0.2) is 30.5 Å². The Bertz CT molecular complexity index is 1140. The first-order valence-electron chi connectivity index (χ1n) is 13.6. The number of unbranched alkanes of at least 4 members (excludes halogenated alkanes) is 1. The summed E-state index contributed by atoms with van der Waals surface area (Å²) >= 11 is 0. The Morgan fingerprint density at radius 2 is 1.74 bits per heavy atom. The summed E-state index contributed by atoms with van der Waals surface area (Å²) in [7, 11) is 1.54. The standard InChI is InChI=1S/C29H45N5O5/c1-8-9-14-24(25(30)35)34(7)27(37)23(15-18(2)3)32-26(36)22(33-28(38)39-29(4,5)6)16-19-17-31-21-13-11-10-12-20(19)21/h10-13,17-18,22-24,31H,8-9,14-16H2,1-7H3,(H2,30,35)(H,32,36)(H,33,38)/t22-,23+,24+/m1/s1. The normalized spacial score (nSPS) is 13.9. The number of carbonyl (C=O) groups is 4. The summed E-state index contributed by atoms with van der Waals surface area (Å²) in [6, 6.07) is 4.97. The van der Waals surface area contributed by atoms with Crippen molar-refractivity contribution in [3.8, 4) is 0 Å². The van der Waals surface area contributed by atoms with Crippen molar-refractivity contribution < 1.29 is 23.9 Å². The molecule has 1 heterocycles. The number of carbonyl (C=O) groups excluding carboxylic acids is 4. The van der Waals surface area contributed by atoms with Crippen LogP contribution in [0.25, 0.3) is 10.9 Å². The third kappa shape index (κ3) is 9.60. The van der Waals surface area contributed by atoms with Crippen LogP contribution >= 0.6 is 0 Å². The van der Waals surface area contributed by atoms with Gasteiger partial charge in [-0.25, -0.2) is 4.79 Å². The average Bonchev–Trinajstić information content (AvgIpc) is 3.24. The molecule has 0 radical (unpaired) electrons. The van der Waals surface area contributed by atoms with Gasteiger partial charge in [-0.2, -0.15) is 0 Å². The molecule has 0 unspecified atom stereocenters. The monoisotopic (exact) mass is 543 g/mol. The number of ether oxygens (including phenoxy) is 1. The Labute approximate surface area is 231 Å². The van der Waals surface area contributed by atoms with E-state index in [9.17, 15) is 19.2 Å². The van der Waals surface area contributed by atoms with Crippen molar-refractivity contribution in [1.29, 1.82) is 0 Å². The zero-order chi connectivity index (χ0) is 29.3. The summed E-state index contributed by atoms with van der Waals surface area (Å²) < 4.78 is 5.41. The molecule has 0 fully saturated rings. The minimum absolute atomic E-state index is 0.0706. The van der Waals surface area contributed by atoms with E-state index >= 15 is 0 Å². The molecule has 0 aliphatic rings. The number of amides is 4. The molecule has 10 heteroatoms. The number of benzene rings is 1. The van der Waals surface area contributed by atoms with Gasteiger partial charge in [-0.15, -0.1) is 0 Å². The van der Waals surface area contributed by atoms with Gasteiger partial charge in [0.2, 0.25) is 17.7 Å². The maximum absolute atomic E-state index is 13.6. The number of hydrogen-bond donors (Lipinski definition) is 4. The van der Waals surface area contributed by atoms with E-state index in [2.05, 4.69) is 15.6 Å². The minimum atomic E-state index is -1.01. The van der Waals surface area contributed by atoms with Crippen LogP contribution in [0.1, 0.15) is 72.8 Å². The van der Waals surface area contributed by atoms with Gasteiger partial charge in [-0.1, -0.05) is 51.8 Å². The maximum Gasteiger partial charge on any atom is 0.408 e. The van der Waals surface area contributed by atoms with E-state index in [1.165, 1.54) is 11.9 Å². The number of para-hydroxylation sites is 1. The van der Waals surface area contributed by atoms with Crippen molar-refractivity contribution >= 4 is 34.7 Å². The number of aromatic nitrogens is 1. The van der Waals surface area contributed by atoms with Crippen LogP contribution in [-0.4, -0.2) is 64.5 Å². The Balaban J connectivity index is 2.33. The van der Waals surface area contributed by atoms with Crippen LogP contribution in [0, 0.1) is 5.92 Å². The third-order valence-corrected chi connectivity index (χ3v) is 6.40. The Hall–Kier alpha value is -3.56. The molecule has 0 saturated heterocycles. The van der Waals surface area contributed by atoms with E-state index in [1.807, 2.05) is 45.0 Å². The van der Waals surface area contributed by atoms with E-state index < -0.39 is 47.5 Å². The summed E-state index contributed by atoms with van der Waals surface area (Å²) in [5.41, 5.74) is 6.59. The molecular weight excluding hydrogens is 498 g/mol. The molecule has 1 aromatic carbocycles. The third-order valence-electron chi connectivity index (χ3n) is 6.40. The molecule has 10 nitrogen and oxygen atoms in total. The van der Waals surface area contributed by atoms with Crippen molar-refractivity contribution in [3.63, 3.8) is 0 Å². The zero-order valence-electron chi connectivity index (χ0n) is 24.3. The van der Waals surface area contributed by atoms with Gasteiger partial charge < -0.3 is 31.0 Å². The lowest BCUT2D eigenvalue weighted by Gasteiger charge is -2.31. The Morgan fingerprint density at radius 3 is 2.33 bits per heavy atom. The summed E-state index contributed by atoms with van der Waals surface area (Å²) in [6.45, 7) is 11.1. The van der Waals surface area contributed by atoms with Gasteiger partial charge in [0, 0.05) is 30.6 Å². The van der Waals surface area contributed by atoms with Crippen LogP contribution in [0.5, 0.6) is 0 Å². The first-order chi connectivity index (χ1) is 18.2. The highest BCUT2D eigenvalue weighted by molar-refractivity contribution is 5.94. The topological polar surface area (TPSA) is 147 Å². The molecule has 0 aliphatic carbocycles. The number of H-pyrrole nitrogens is 1. The molecule has 3 atom stereocenters. The number of hydrogen-bond acceptors (Lipinski definition) is 5. The lowest BCUT2D eigenvalue weighted by molar-refractivity contribution is -0.141. The number of fused-ring (bicyclic) bond motifs is 1. The Kier molecular flexibility index (Phi) is 11.4. The number of nitrogens with two attached hydrogens (primary N) is 1.